The number of hydrogen-bond donors (Lipinski definition) is 1. The van der Waals surface area contributed by atoms with E-state index in [9.17, 15) is 4.79 Å². The lowest BCUT2D eigenvalue weighted by Crippen LogP contribution is -2.49. The summed E-state index contributed by atoms with van der Waals surface area (Å²) in [4.78, 5) is 28.5. The number of rotatable bonds is 8. The molecule has 0 spiro atoms. The maximum Gasteiger partial charge on any atom is 0.222 e. The lowest BCUT2D eigenvalue weighted by atomic mass is 9.93. The summed E-state index contributed by atoms with van der Waals surface area (Å²) in [5.41, 5.74) is 2.55. The Balaban J connectivity index is 1.23. The molecule has 2 aliphatic rings. The minimum atomic E-state index is 0.309. The van der Waals surface area contributed by atoms with Gasteiger partial charge in [0.1, 0.15) is 18.0 Å². The quantitative estimate of drug-likeness (QED) is 0.657. The smallest absolute Gasteiger partial charge is 0.222 e. The summed E-state index contributed by atoms with van der Waals surface area (Å²) in [6.07, 6.45) is 6.67. The first-order valence-electron chi connectivity index (χ1n) is 12.5. The Bertz CT molecular complexity index is 911. The van der Waals surface area contributed by atoms with Crippen LogP contribution >= 0.6 is 0 Å². The fraction of sp³-hybridized carbons (Fsp3) is 0.577. The fourth-order valence-corrected chi connectivity index (χ4v) is 4.90. The molecular formula is C26H38N6O. The molecule has 3 heterocycles. The van der Waals surface area contributed by atoms with Crippen LogP contribution in [0, 0.1) is 12.8 Å². The van der Waals surface area contributed by atoms with Gasteiger partial charge in [-0.1, -0.05) is 19.1 Å². The van der Waals surface area contributed by atoms with Crippen LogP contribution in [0.15, 0.2) is 36.7 Å². The van der Waals surface area contributed by atoms with Gasteiger partial charge in [0.25, 0.3) is 0 Å². The van der Waals surface area contributed by atoms with Crippen molar-refractivity contribution in [3.63, 3.8) is 0 Å². The van der Waals surface area contributed by atoms with Crippen molar-refractivity contribution in [3.05, 3.63) is 42.2 Å². The molecular weight excluding hydrogens is 412 g/mol. The second kappa shape index (κ2) is 11.3. The summed E-state index contributed by atoms with van der Waals surface area (Å²) in [6.45, 7) is 10.6. The van der Waals surface area contributed by atoms with Gasteiger partial charge in [-0.05, 0) is 56.2 Å². The second-order valence-electron chi connectivity index (χ2n) is 9.39. The number of piperidine rings is 1. The number of piperazine rings is 1. The molecule has 2 aromatic rings. The number of carbonyl (C=O) groups is 1. The molecule has 0 unspecified atom stereocenters. The van der Waals surface area contributed by atoms with Gasteiger partial charge in [-0.15, -0.1) is 0 Å². The van der Waals surface area contributed by atoms with Crippen LogP contribution < -0.4 is 15.1 Å². The van der Waals surface area contributed by atoms with Gasteiger partial charge in [0.15, 0.2) is 0 Å². The molecule has 0 saturated carbocycles. The van der Waals surface area contributed by atoms with Gasteiger partial charge < -0.3 is 20.0 Å². The van der Waals surface area contributed by atoms with Crippen LogP contribution in [0.2, 0.25) is 0 Å². The lowest BCUT2D eigenvalue weighted by molar-refractivity contribution is -0.131. The molecule has 2 saturated heterocycles. The predicted molar refractivity (Wildman–Crippen MR) is 135 cm³/mol. The van der Waals surface area contributed by atoms with E-state index in [1.807, 2.05) is 0 Å². The minimum Gasteiger partial charge on any atom is -0.370 e. The first kappa shape index (κ1) is 23.3. The van der Waals surface area contributed by atoms with Gasteiger partial charge in [-0.2, -0.15) is 0 Å². The molecule has 4 rings (SSSR count). The van der Waals surface area contributed by atoms with E-state index in [0.29, 0.717) is 18.2 Å². The summed E-state index contributed by atoms with van der Waals surface area (Å²) < 4.78 is 0. The Kier molecular flexibility index (Phi) is 8.02. The summed E-state index contributed by atoms with van der Waals surface area (Å²) in [5.74, 6) is 2.73. The molecule has 2 fully saturated rings. The number of anilines is 3. The maximum absolute atomic E-state index is 12.9. The van der Waals surface area contributed by atoms with Gasteiger partial charge in [0, 0.05) is 64.0 Å². The Morgan fingerprint density at radius 2 is 1.94 bits per heavy atom. The number of nitrogens with zero attached hydrogens (tertiary/aromatic N) is 5. The van der Waals surface area contributed by atoms with Gasteiger partial charge >= 0.3 is 0 Å². The monoisotopic (exact) mass is 450 g/mol. The summed E-state index contributed by atoms with van der Waals surface area (Å²) >= 11 is 0. The predicted octanol–water partition coefficient (Wildman–Crippen LogP) is 3.95. The first-order valence-corrected chi connectivity index (χ1v) is 12.5. The molecule has 1 atom stereocenters. The lowest BCUT2D eigenvalue weighted by Gasteiger charge is -2.37. The van der Waals surface area contributed by atoms with Crippen molar-refractivity contribution in [3.8, 4) is 0 Å². The van der Waals surface area contributed by atoms with Crippen LogP contribution in [0.1, 0.15) is 44.6 Å². The van der Waals surface area contributed by atoms with E-state index in [4.69, 9.17) is 0 Å². The topological polar surface area (TPSA) is 64.6 Å². The fourth-order valence-electron chi connectivity index (χ4n) is 4.90. The summed E-state index contributed by atoms with van der Waals surface area (Å²) in [7, 11) is 0. The maximum atomic E-state index is 12.9. The standard InChI is InChI=1S/C26H38N6O/c1-3-11-27-24-18-25(29-20-28-24)32-12-5-7-22(19-32)9-10-26(33)31-15-13-30(14-16-31)23-8-4-6-21(2)17-23/h4,6,8,17-18,20,22H,3,5,7,9-16,19H2,1-2H3,(H,27,28,29)/t22-/m1/s1. The number of hydrogen-bond acceptors (Lipinski definition) is 6. The normalized spacial score (nSPS) is 19.0. The van der Waals surface area contributed by atoms with E-state index >= 15 is 0 Å². The highest BCUT2D eigenvalue weighted by Crippen LogP contribution is 2.26. The van der Waals surface area contributed by atoms with E-state index in [-0.39, 0.29) is 0 Å². The number of aromatic nitrogens is 2. The molecule has 33 heavy (non-hydrogen) atoms. The first-order chi connectivity index (χ1) is 16.1. The van der Waals surface area contributed by atoms with Crippen molar-refractivity contribution in [2.45, 2.75) is 46.0 Å². The number of carbonyl (C=O) groups excluding carboxylic acids is 1. The second-order valence-corrected chi connectivity index (χ2v) is 9.39. The van der Waals surface area contributed by atoms with Crippen molar-refractivity contribution in [1.82, 2.24) is 14.9 Å². The van der Waals surface area contributed by atoms with Crippen molar-refractivity contribution in [1.29, 1.82) is 0 Å². The SMILES string of the molecule is CCCNc1cc(N2CCC[C@H](CCC(=O)N3CCN(c4cccc(C)c4)CC3)C2)ncn1. The average Bonchev–Trinajstić information content (AvgIpc) is 2.86. The highest BCUT2D eigenvalue weighted by atomic mass is 16.2. The highest BCUT2D eigenvalue weighted by molar-refractivity contribution is 5.76. The number of benzene rings is 1. The molecule has 0 bridgehead atoms. The van der Waals surface area contributed by atoms with Crippen LogP contribution in [-0.4, -0.2) is 66.6 Å². The molecule has 0 aliphatic carbocycles. The Morgan fingerprint density at radius 3 is 2.73 bits per heavy atom. The zero-order valence-electron chi connectivity index (χ0n) is 20.2. The van der Waals surface area contributed by atoms with Crippen molar-refractivity contribution in [2.24, 2.45) is 5.92 Å². The molecule has 1 amide bonds. The molecule has 0 radical (unpaired) electrons. The van der Waals surface area contributed by atoms with Crippen LogP contribution in [0.5, 0.6) is 0 Å². The number of aryl methyl sites for hydroxylation is 1. The zero-order valence-corrected chi connectivity index (χ0v) is 20.2. The van der Waals surface area contributed by atoms with Crippen LogP contribution in [0.3, 0.4) is 0 Å². The van der Waals surface area contributed by atoms with E-state index in [2.05, 4.69) is 74.2 Å². The van der Waals surface area contributed by atoms with Gasteiger partial charge in [-0.25, -0.2) is 9.97 Å². The van der Waals surface area contributed by atoms with Crippen LogP contribution in [0.4, 0.5) is 17.3 Å². The van der Waals surface area contributed by atoms with E-state index in [1.54, 1.807) is 6.33 Å². The van der Waals surface area contributed by atoms with Gasteiger partial charge in [0.05, 0.1) is 0 Å². The van der Waals surface area contributed by atoms with E-state index < -0.39 is 0 Å². The molecule has 1 N–H and O–H groups in total. The third-order valence-electron chi connectivity index (χ3n) is 6.82. The minimum absolute atomic E-state index is 0.309. The average molecular weight is 451 g/mol. The molecule has 1 aromatic heterocycles. The van der Waals surface area contributed by atoms with Crippen molar-refractivity contribution >= 4 is 23.2 Å². The number of nitrogens with one attached hydrogen (secondary N) is 1. The number of amides is 1. The summed E-state index contributed by atoms with van der Waals surface area (Å²) in [6, 6.07) is 10.7. The van der Waals surface area contributed by atoms with E-state index in [1.165, 1.54) is 17.7 Å². The van der Waals surface area contributed by atoms with Crippen molar-refractivity contribution in [2.75, 3.05) is 60.9 Å². The largest absolute Gasteiger partial charge is 0.370 e. The molecule has 7 heteroatoms. The third kappa shape index (κ3) is 6.36. The van der Waals surface area contributed by atoms with E-state index in [0.717, 1.165) is 76.7 Å². The zero-order chi connectivity index (χ0) is 23.0. The Labute approximate surface area is 198 Å². The van der Waals surface area contributed by atoms with Crippen molar-refractivity contribution < 1.29 is 4.79 Å². The molecule has 2 aliphatic heterocycles. The van der Waals surface area contributed by atoms with Gasteiger partial charge in [-0.3, -0.25) is 4.79 Å². The third-order valence-corrected chi connectivity index (χ3v) is 6.82. The molecule has 7 nitrogen and oxygen atoms in total. The Morgan fingerprint density at radius 1 is 1.09 bits per heavy atom. The molecule has 178 valence electrons. The van der Waals surface area contributed by atoms with Gasteiger partial charge in [0.2, 0.25) is 5.91 Å². The van der Waals surface area contributed by atoms with Crippen LogP contribution in [0.25, 0.3) is 0 Å². The summed E-state index contributed by atoms with van der Waals surface area (Å²) in [5, 5.41) is 3.35. The molecule has 1 aromatic carbocycles. The Hall–Kier alpha value is -2.83. The highest BCUT2D eigenvalue weighted by Gasteiger charge is 2.25. The van der Waals surface area contributed by atoms with Crippen LogP contribution in [-0.2, 0) is 4.79 Å².